The molecule has 0 amide bonds. The minimum absolute atomic E-state index is 0.329. The number of fused-ring (bicyclic) bond motifs is 1. The number of hydrogen-bond donors (Lipinski definition) is 0. The van der Waals surface area contributed by atoms with Gasteiger partial charge in [-0.3, -0.25) is 0 Å². The predicted octanol–water partition coefficient (Wildman–Crippen LogP) is 6.59. The SMILES string of the molecule is Cc1ccc(C(Br)Cc2ccc3ccccc3c2)cc1Br. The molecule has 0 saturated heterocycles. The Morgan fingerprint density at radius 3 is 2.43 bits per heavy atom. The summed E-state index contributed by atoms with van der Waals surface area (Å²) in [7, 11) is 0. The molecule has 0 radical (unpaired) electrons. The van der Waals surface area contributed by atoms with Gasteiger partial charge in [0.1, 0.15) is 0 Å². The van der Waals surface area contributed by atoms with Crippen molar-refractivity contribution < 1.29 is 0 Å². The summed E-state index contributed by atoms with van der Waals surface area (Å²) in [4.78, 5) is 0.329. The van der Waals surface area contributed by atoms with E-state index in [0.29, 0.717) is 4.83 Å². The third-order valence-corrected chi connectivity index (χ3v) is 5.49. The van der Waals surface area contributed by atoms with Crippen LogP contribution in [0.5, 0.6) is 0 Å². The van der Waals surface area contributed by atoms with Crippen LogP contribution in [0.4, 0.5) is 0 Å². The molecule has 106 valence electrons. The summed E-state index contributed by atoms with van der Waals surface area (Å²) in [6.07, 6.45) is 0.986. The summed E-state index contributed by atoms with van der Waals surface area (Å²) in [5.74, 6) is 0. The Labute approximate surface area is 142 Å². The average molecular weight is 404 g/mol. The molecule has 3 aromatic carbocycles. The standard InChI is InChI=1S/C19H16Br2/c1-13-6-8-17(12-18(13)20)19(21)11-14-7-9-15-4-2-3-5-16(15)10-14/h2-10,12,19H,11H2,1H3. The van der Waals surface area contributed by atoms with Crippen molar-refractivity contribution in [1.29, 1.82) is 0 Å². The van der Waals surface area contributed by atoms with E-state index in [1.807, 2.05) is 0 Å². The Balaban J connectivity index is 1.85. The van der Waals surface area contributed by atoms with Crippen molar-refractivity contribution in [3.8, 4) is 0 Å². The molecule has 0 heterocycles. The van der Waals surface area contributed by atoms with Gasteiger partial charge in [0.2, 0.25) is 0 Å². The second kappa shape index (κ2) is 6.33. The van der Waals surface area contributed by atoms with Crippen molar-refractivity contribution >= 4 is 42.6 Å². The minimum Gasteiger partial charge on any atom is -0.0835 e. The fraction of sp³-hybridized carbons (Fsp3) is 0.158. The molecule has 0 aliphatic rings. The second-order valence-corrected chi connectivity index (χ2v) is 7.32. The van der Waals surface area contributed by atoms with Gasteiger partial charge in [-0.15, -0.1) is 0 Å². The largest absolute Gasteiger partial charge is 0.0835 e. The molecule has 0 fully saturated rings. The van der Waals surface area contributed by atoms with Gasteiger partial charge in [0.25, 0.3) is 0 Å². The molecular formula is C19H16Br2. The van der Waals surface area contributed by atoms with Gasteiger partial charge in [0, 0.05) is 9.30 Å². The molecule has 0 aliphatic carbocycles. The van der Waals surface area contributed by atoms with Gasteiger partial charge in [-0.05, 0) is 46.9 Å². The lowest BCUT2D eigenvalue weighted by atomic mass is 10.0. The molecule has 0 saturated carbocycles. The molecule has 1 atom stereocenters. The predicted molar refractivity (Wildman–Crippen MR) is 98.2 cm³/mol. The quantitative estimate of drug-likeness (QED) is 0.432. The van der Waals surface area contributed by atoms with Crippen LogP contribution in [0, 0.1) is 6.92 Å². The first kappa shape index (κ1) is 14.8. The molecule has 3 rings (SSSR count). The number of halogens is 2. The molecule has 0 spiro atoms. The number of aryl methyl sites for hydroxylation is 1. The van der Waals surface area contributed by atoms with Gasteiger partial charge >= 0.3 is 0 Å². The third-order valence-electron chi connectivity index (χ3n) is 3.79. The topological polar surface area (TPSA) is 0 Å². The zero-order valence-electron chi connectivity index (χ0n) is 11.8. The van der Waals surface area contributed by atoms with E-state index in [1.54, 1.807) is 0 Å². The van der Waals surface area contributed by atoms with Crippen LogP contribution in [-0.2, 0) is 6.42 Å². The highest BCUT2D eigenvalue weighted by Crippen LogP contribution is 2.31. The Hall–Kier alpha value is -1.12. The van der Waals surface area contributed by atoms with Gasteiger partial charge < -0.3 is 0 Å². The van der Waals surface area contributed by atoms with Crippen LogP contribution in [0.1, 0.15) is 21.5 Å². The zero-order chi connectivity index (χ0) is 14.8. The second-order valence-electron chi connectivity index (χ2n) is 5.36. The summed E-state index contributed by atoms with van der Waals surface area (Å²) in [6, 6.07) is 21.8. The summed E-state index contributed by atoms with van der Waals surface area (Å²) in [5, 5.41) is 2.60. The molecule has 0 nitrogen and oxygen atoms in total. The highest BCUT2D eigenvalue weighted by atomic mass is 79.9. The van der Waals surface area contributed by atoms with Crippen LogP contribution >= 0.6 is 31.9 Å². The molecule has 1 unspecified atom stereocenters. The van der Waals surface area contributed by atoms with Crippen molar-refractivity contribution in [3.63, 3.8) is 0 Å². The summed E-state index contributed by atoms with van der Waals surface area (Å²) in [6.45, 7) is 2.11. The Kier molecular flexibility index (Phi) is 4.46. The van der Waals surface area contributed by atoms with E-state index in [2.05, 4.69) is 99.4 Å². The van der Waals surface area contributed by atoms with Gasteiger partial charge in [0.05, 0.1) is 0 Å². The van der Waals surface area contributed by atoms with Gasteiger partial charge in [-0.2, -0.15) is 0 Å². The summed E-state index contributed by atoms with van der Waals surface area (Å²) in [5.41, 5.74) is 3.93. The molecule has 0 aromatic heterocycles. The number of rotatable bonds is 3. The summed E-state index contributed by atoms with van der Waals surface area (Å²) < 4.78 is 1.17. The maximum absolute atomic E-state index is 3.82. The highest BCUT2D eigenvalue weighted by Gasteiger charge is 2.10. The Morgan fingerprint density at radius 1 is 0.905 bits per heavy atom. The first-order valence-electron chi connectivity index (χ1n) is 7.01. The Morgan fingerprint density at radius 2 is 1.67 bits per heavy atom. The zero-order valence-corrected chi connectivity index (χ0v) is 15.0. The van der Waals surface area contributed by atoms with Crippen LogP contribution in [0.3, 0.4) is 0 Å². The maximum atomic E-state index is 3.82. The van der Waals surface area contributed by atoms with Crippen molar-refractivity contribution in [3.05, 3.63) is 81.8 Å². The third kappa shape index (κ3) is 3.38. The van der Waals surface area contributed by atoms with Crippen LogP contribution < -0.4 is 0 Å². The van der Waals surface area contributed by atoms with Gasteiger partial charge in [-0.1, -0.05) is 86.5 Å². The highest BCUT2D eigenvalue weighted by molar-refractivity contribution is 9.10. The van der Waals surface area contributed by atoms with Crippen LogP contribution in [0.2, 0.25) is 0 Å². The van der Waals surface area contributed by atoms with E-state index in [0.717, 1.165) is 6.42 Å². The van der Waals surface area contributed by atoms with E-state index < -0.39 is 0 Å². The van der Waals surface area contributed by atoms with E-state index in [-0.39, 0.29) is 0 Å². The van der Waals surface area contributed by atoms with Crippen molar-refractivity contribution in [2.24, 2.45) is 0 Å². The van der Waals surface area contributed by atoms with Crippen molar-refractivity contribution in [1.82, 2.24) is 0 Å². The Bertz CT molecular complexity index is 777. The molecule has 21 heavy (non-hydrogen) atoms. The van der Waals surface area contributed by atoms with E-state index in [4.69, 9.17) is 0 Å². The first-order valence-corrected chi connectivity index (χ1v) is 8.72. The van der Waals surface area contributed by atoms with Gasteiger partial charge in [0.15, 0.2) is 0 Å². The number of benzene rings is 3. The average Bonchev–Trinajstić information content (AvgIpc) is 2.50. The number of hydrogen-bond acceptors (Lipinski definition) is 0. The lowest BCUT2D eigenvalue weighted by Crippen LogP contribution is -1.96. The van der Waals surface area contributed by atoms with Crippen LogP contribution in [-0.4, -0.2) is 0 Å². The molecular weight excluding hydrogens is 388 g/mol. The van der Waals surface area contributed by atoms with Crippen LogP contribution in [0.25, 0.3) is 10.8 Å². The minimum atomic E-state index is 0.329. The van der Waals surface area contributed by atoms with Gasteiger partial charge in [-0.25, -0.2) is 0 Å². The fourth-order valence-corrected chi connectivity index (χ4v) is 3.55. The summed E-state index contributed by atoms with van der Waals surface area (Å²) >= 11 is 7.44. The lowest BCUT2D eigenvalue weighted by Gasteiger charge is -2.12. The smallest absolute Gasteiger partial charge is 0.0436 e. The molecule has 0 bridgehead atoms. The first-order chi connectivity index (χ1) is 10.1. The van der Waals surface area contributed by atoms with Crippen molar-refractivity contribution in [2.75, 3.05) is 0 Å². The molecule has 0 aliphatic heterocycles. The van der Waals surface area contributed by atoms with E-state index >= 15 is 0 Å². The molecule has 2 heteroatoms. The monoisotopic (exact) mass is 402 g/mol. The number of alkyl halides is 1. The fourth-order valence-electron chi connectivity index (χ4n) is 2.49. The molecule has 3 aromatic rings. The van der Waals surface area contributed by atoms with E-state index in [9.17, 15) is 0 Å². The lowest BCUT2D eigenvalue weighted by molar-refractivity contribution is 0.949. The molecule has 0 N–H and O–H groups in total. The normalized spacial score (nSPS) is 12.5. The maximum Gasteiger partial charge on any atom is 0.0436 e. The van der Waals surface area contributed by atoms with Crippen LogP contribution in [0.15, 0.2) is 65.1 Å². The van der Waals surface area contributed by atoms with E-state index in [1.165, 1.54) is 31.9 Å². The van der Waals surface area contributed by atoms with Crippen molar-refractivity contribution in [2.45, 2.75) is 18.2 Å².